The number of rotatable bonds is 3. The first kappa shape index (κ1) is 10.0. The molecule has 12 heavy (non-hydrogen) atoms. The van der Waals surface area contributed by atoms with Crippen LogP contribution in [0.3, 0.4) is 0 Å². The Morgan fingerprint density at radius 3 is 2.42 bits per heavy atom. The average molecular weight is 250 g/mol. The molecule has 0 saturated carbocycles. The van der Waals surface area contributed by atoms with Crippen molar-refractivity contribution in [2.24, 2.45) is 0 Å². The third-order valence-corrected chi connectivity index (χ3v) is 2.51. The van der Waals surface area contributed by atoms with Crippen molar-refractivity contribution in [2.45, 2.75) is 6.10 Å². The molecule has 1 aromatic carbocycles. The monoisotopic (exact) mass is 248 g/mol. The number of ether oxygens (including phenoxy) is 1. The van der Waals surface area contributed by atoms with Crippen molar-refractivity contribution in [1.29, 1.82) is 0 Å². The molecule has 0 radical (unpaired) electrons. The number of halogens is 2. The van der Waals surface area contributed by atoms with Crippen molar-refractivity contribution >= 4 is 27.5 Å². The summed E-state index contributed by atoms with van der Waals surface area (Å²) in [5.41, 5.74) is 1.14. The molecule has 0 amide bonds. The van der Waals surface area contributed by atoms with E-state index < -0.39 is 0 Å². The molecule has 1 rings (SSSR count). The Balaban J connectivity index is 2.80. The molecule has 0 aliphatic heterocycles. The largest absolute Gasteiger partial charge is 0.376 e. The van der Waals surface area contributed by atoms with E-state index in [-0.39, 0.29) is 6.10 Å². The minimum atomic E-state index is 0.113. The molecule has 1 nitrogen and oxygen atoms in total. The zero-order valence-electron chi connectivity index (χ0n) is 6.76. The van der Waals surface area contributed by atoms with E-state index in [9.17, 15) is 0 Å². The van der Waals surface area contributed by atoms with Crippen LogP contribution in [0.1, 0.15) is 11.7 Å². The molecule has 1 atom stereocenters. The second kappa shape index (κ2) is 4.85. The molecular formula is C9H10BrClO. The molecule has 0 heterocycles. The molecule has 3 heteroatoms. The van der Waals surface area contributed by atoms with Gasteiger partial charge in [-0.1, -0.05) is 39.7 Å². The molecule has 66 valence electrons. The minimum Gasteiger partial charge on any atom is -0.376 e. The smallest absolute Gasteiger partial charge is 0.0917 e. The highest BCUT2D eigenvalue weighted by atomic mass is 79.9. The second-order valence-corrected chi connectivity index (χ2v) is 3.51. The summed E-state index contributed by atoms with van der Waals surface area (Å²) in [4.78, 5) is 0. The van der Waals surface area contributed by atoms with E-state index in [4.69, 9.17) is 16.3 Å². The first-order valence-corrected chi connectivity index (χ1v) is 5.12. The maximum absolute atomic E-state index is 5.75. The summed E-state index contributed by atoms with van der Waals surface area (Å²) in [6.07, 6.45) is 0.113. The number of hydrogen-bond donors (Lipinski definition) is 0. The van der Waals surface area contributed by atoms with Crippen molar-refractivity contribution in [3.05, 3.63) is 34.9 Å². The summed E-state index contributed by atoms with van der Waals surface area (Å²) in [7, 11) is 1.69. The number of alkyl halides is 1. The topological polar surface area (TPSA) is 9.23 Å². The molecule has 0 aliphatic rings. The van der Waals surface area contributed by atoms with Crippen LogP contribution in [-0.2, 0) is 4.74 Å². The molecule has 1 unspecified atom stereocenters. The molecule has 0 aliphatic carbocycles. The van der Waals surface area contributed by atoms with Gasteiger partial charge < -0.3 is 4.74 Å². The summed E-state index contributed by atoms with van der Waals surface area (Å²) >= 11 is 9.12. The fourth-order valence-corrected chi connectivity index (χ4v) is 1.73. The zero-order chi connectivity index (χ0) is 8.97. The van der Waals surface area contributed by atoms with Gasteiger partial charge in [0.05, 0.1) is 6.10 Å². The number of hydrogen-bond acceptors (Lipinski definition) is 1. The summed E-state index contributed by atoms with van der Waals surface area (Å²) in [6.45, 7) is 0. The summed E-state index contributed by atoms with van der Waals surface area (Å²) in [5.74, 6) is 0. The van der Waals surface area contributed by atoms with Gasteiger partial charge in [-0.05, 0) is 17.7 Å². The van der Waals surface area contributed by atoms with Crippen LogP contribution in [0.5, 0.6) is 0 Å². The van der Waals surface area contributed by atoms with Gasteiger partial charge in [0.1, 0.15) is 0 Å². The molecule has 0 saturated heterocycles. The summed E-state index contributed by atoms with van der Waals surface area (Å²) in [6, 6.07) is 7.67. The Bertz CT molecular complexity index is 231. The van der Waals surface area contributed by atoms with Gasteiger partial charge in [0, 0.05) is 17.5 Å². The maximum atomic E-state index is 5.75. The van der Waals surface area contributed by atoms with Crippen molar-refractivity contribution in [1.82, 2.24) is 0 Å². The summed E-state index contributed by atoms with van der Waals surface area (Å²) < 4.78 is 5.24. The Labute approximate surface area is 85.8 Å². The van der Waals surface area contributed by atoms with Crippen molar-refractivity contribution in [3.63, 3.8) is 0 Å². The number of methoxy groups -OCH3 is 1. The minimum absolute atomic E-state index is 0.113. The second-order valence-electron chi connectivity index (χ2n) is 2.43. The van der Waals surface area contributed by atoms with Crippen LogP contribution in [0.4, 0.5) is 0 Å². The zero-order valence-corrected chi connectivity index (χ0v) is 9.10. The number of benzene rings is 1. The van der Waals surface area contributed by atoms with Gasteiger partial charge in [0.25, 0.3) is 0 Å². The van der Waals surface area contributed by atoms with Crippen LogP contribution in [-0.4, -0.2) is 12.4 Å². The normalized spacial score (nSPS) is 12.9. The van der Waals surface area contributed by atoms with Gasteiger partial charge in [-0.15, -0.1) is 0 Å². The molecule has 0 fully saturated rings. The van der Waals surface area contributed by atoms with Gasteiger partial charge in [-0.25, -0.2) is 0 Å². The van der Waals surface area contributed by atoms with Crippen LogP contribution >= 0.6 is 27.5 Å². The highest BCUT2D eigenvalue weighted by molar-refractivity contribution is 9.09. The quantitative estimate of drug-likeness (QED) is 0.746. The van der Waals surface area contributed by atoms with E-state index in [1.165, 1.54) is 0 Å². The SMILES string of the molecule is COC(CBr)c1ccc(Cl)cc1. The Morgan fingerprint density at radius 2 is 2.00 bits per heavy atom. The van der Waals surface area contributed by atoms with E-state index in [1.807, 2.05) is 24.3 Å². The average Bonchev–Trinajstić information content (AvgIpc) is 2.10. The van der Waals surface area contributed by atoms with Crippen molar-refractivity contribution < 1.29 is 4.74 Å². The molecule has 0 spiro atoms. The van der Waals surface area contributed by atoms with Gasteiger partial charge in [0.2, 0.25) is 0 Å². The lowest BCUT2D eigenvalue weighted by atomic mass is 10.1. The Kier molecular flexibility index (Phi) is 4.06. The lowest BCUT2D eigenvalue weighted by molar-refractivity contribution is 0.124. The third-order valence-electron chi connectivity index (χ3n) is 1.67. The van der Waals surface area contributed by atoms with Gasteiger partial charge >= 0.3 is 0 Å². The lowest BCUT2D eigenvalue weighted by Crippen LogP contribution is -2.01. The lowest BCUT2D eigenvalue weighted by Gasteiger charge is -2.11. The first-order valence-electron chi connectivity index (χ1n) is 3.62. The molecular weight excluding hydrogens is 239 g/mol. The molecule has 0 N–H and O–H groups in total. The Hall–Kier alpha value is -0.0500. The molecule has 0 bridgehead atoms. The van der Waals surface area contributed by atoms with E-state index in [1.54, 1.807) is 7.11 Å². The van der Waals surface area contributed by atoms with Crippen LogP contribution in [0, 0.1) is 0 Å². The van der Waals surface area contributed by atoms with E-state index in [2.05, 4.69) is 15.9 Å². The van der Waals surface area contributed by atoms with Crippen molar-refractivity contribution in [2.75, 3.05) is 12.4 Å². The van der Waals surface area contributed by atoms with Crippen LogP contribution < -0.4 is 0 Å². The van der Waals surface area contributed by atoms with Crippen LogP contribution in [0.2, 0.25) is 5.02 Å². The predicted molar refractivity (Wildman–Crippen MR) is 55.0 cm³/mol. The van der Waals surface area contributed by atoms with Gasteiger partial charge in [-0.3, -0.25) is 0 Å². The molecule has 0 aromatic heterocycles. The standard InChI is InChI=1S/C9H10BrClO/c1-12-9(6-10)7-2-4-8(11)5-3-7/h2-5,9H,6H2,1H3. The molecule has 1 aromatic rings. The maximum Gasteiger partial charge on any atom is 0.0917 e. The summed E-state index contributed by atoms with van der Waals surface area (Å²) in [5, 5.41) is 1.55. The van der Waals surface area contributed by atoms with Gasteiger partial charge in [0.15, 0.2) is 0 Å². The Morgan fingerprint density at radius 1 is 1.42 bits per heavy atom. The fourth-order valence-electron chi connectivity index (χ4n) is 0.966. The van der Waals surface area contributed by atoms with E-state index in [0.717, 1.165) is 15.9 Å². The van der Waals surface area contributed by atoms with Gasteiger partial charge in [-0.2, -0.15) is 0 Å². The first-order chi connectivity index (χ1) is 5.77. The predicted octanol–water partition coefficient (Wildman–Crippen LogP) is 3.42. The van der Waals surface area contributed by atoms with E-state index in [0.29, 0.717) is 0 Å². The van der Waals surface area contributed by atoms with Crippen LogP contribution in [0.25, 0.3) is 0 Å². The highest BCUT2D eigenvalue weighted by Gasteiger charge is 2.07. The highest BCUT2D eigenvalue weighted by Crippen LogP contribution is 2.20. The van der Waals surface area contributed by atoms with E-state index >= 15 is 0 Å². The third kappa shape index (κ3) is 2.47. The fraction of sp³-hybridized carbons (Fsp3) is 0.333. The van der Waals surface area contributed by atoms with Crippen LogP contribution in [0.15, 0.2) is 24.3 Å². The van der Waals surface area contributed by atoms with Crippen molar-refractivity contribution in [3.8, 4) is 0 Å².